The van der Waals surface area contributed by atoms with E-state index in [0.29, 0.717) is 34.4 Å². The van der Waals surface area contributed by atoms with E-state index in [1.54, 1.807) is 42.5 Å². The summed E-state index contributed by atoms with van der Waals surface area (Å²) in [5, 5.41) is 4.69. The highest BCUT2D eigenvalue weighted by molar-refractivity contribution is 6.10. The van der Waals surface area contributed by atoms with Crippen LogP contribution in [0.4, 0.5) is 4.39 Å². The zero-order valence-corrected chi connectivity index (χ0v) is 21.9. The lowest BCUT2D eigenvalue weighted by Gasteiger charge is -2.11. The predicted molar refractivity (Wildman–Crippen MR) is 153 cm³/mol. The van der Waals surface area contributed by atoms with E-state index in [9.17, 15) is 14.0 Å². The molecule has 200 valence electrons. The molecule has 0 atom stereocenters. The van der Waals surface area contributed by atoms with Gasteiger partial charge in [-0.3, -0.25) is 4.79 Å². The molecule has 7 nitrogen and oxygen atoms in total. The number of para-hydroxylation sites is 1. The third-order valence-corrected chi connectivity index (χ3v) is 6.21. The van der Waals surface area contributed by atoms with Crippen LogP contribution in [0.25, 0.3) is 22.0 Å². The van der Waals surface area contributed by atoms with Crippen LogP contribution < -0.4 is 14.9 Å². The van der Waals surface area contributed by atoms with Crippen LogP contribution in [-0.2, 0) is 0 Å². The van der Waals surface area contributed by atoms with Crippen molar-refractivity contribution in [2.24, 2.45) is 5.10 Å². The maximum atomic E-state index is 14.5. The quantitative estimate of drug-likeness (QED) is 0.101. The number of H-pyrrole nitrogens is 1. The van der Waals surface area contributed by atoms with Gasteiger partial charge in [-0.25, -0.2) is 14.6 Å². The van der Waals surface area contributed by atoms with Crippen LogP contribution in [0.5, 0.6) is 11.5 Å². The lowest BCUT2D eigenvalue weighted by molar-refractivity contribution is 0.0728. The minimum atomic E-state index is -0.528. The standard InChI is InChI=1S/C32H26FN3O4/c1-3-39-27-18-21(14-17-26(27)40-32(38)23-15-12-20(2)13-16-23)19-34-36-31(37)30-28(22-8-5-4-6-9-22)24-10-7-11-25(33)29(24)35-30/h4-19,35H,3H2,1-2H3,(H,36,37). The van der Waals surface area contributed by atoms with Crippen molar-refractivity contribution in [3.8, 4) is 22.6 Å². The number of ether oxygens (including phenoxy) is 2. The van der Waals surface area contributed by atoms with Crippen molar-refractivity contribution in [3.05, 3.63) is 119 Å². The van der Waals surface area contributed by atoms with E-state index in [1.165, 1.54) is 12.3 Å². The van der Waals surface area contributed by atoms with Gasteiger partial charge in [-0.15, -0.1) is 0 Å². The fourth-order valence-corrected chi connectivity index (χ4v) is 4.28. The number of aromatic amines is 1. The Morgan fingerprint density at radius 3 is 2.48 bits per heavy atom. The topological polar surface area (TPSA) is 92.8 Å². The first-order chi connectivity index (χ1) is 19.4. The number of aryl methyl sites for hydroxylation is 1. The molecule has 4 aromatic carbocycles. The molecule has 5 aromatic rings. The number of hydrogen-bond acceptors (Lipinski definition) is 5. The van der Waals surface area contributed by atoms with Crippen molar-refractivity contribution in [1.29, 1.82) is 0 Å². The summed E-state index contributed by atoms with van der Waals surface area (Å²) in [6.07, 6.45) is 1.44. The smallest absolute Gasteiger partial charge is 0.343 e. The Labute approximate surface area is 230 Å². The van der Waals surface area contributed by atoms with Gasteiger partial charge in [0.05, 0.1) is 23.9 Å². The van der Waals surface area contributed by atoms with Crippen LogP contribution in [0.2, 0.25) is 0 Å². The minimum Gasteiger partial charge on any atom is -0.490 e. The fraction of sp³-hybridized carbons (Fsp3) is 0.0938. The van der Waals surface area contributed by atoms with Crippen molar-refractivity contribution >= 4 is 29.0 Å². The van der Waals surface area contributed by atoms with Gasteiger partial charge in [0, 0.05) is 10.9 Å². The largest absolute Gasteiger partial charge is 0.490 e. The van der Waals surface area contributed by atoms with Gasteiger partial charge in [-0.05, 0) is 61.4 Å². The second-order valence-electron chi connectivity index (χ2n) is 9.00. The Bertz CT molecular complexity index is 1710. The number of benzene rings is 4. The van der Waals surface area contributed by atoms with Gasteiger partial charge in [-0.1, -0.05) is 60.2 Å². The van der Waals surface area contributed by atoms with E-state index in [2.05, 4.69) is 15.5 Å². The Kier molecular flexibility index (Phi) is 7.68. The number of carbonyl (C=O) groups is 2. The van der Waals surface area contributed by atoms with Gasteiger partial charge in [0.1, 0.15) is 11.5 Å². The first kappa shape index (κ1) is 26.4. The Balaban J connectivity index is 1.36. The van der Waals surface area contributed by atoms with Gasteiger partial charge in [-0.2, -0.15) is 5.10 Å². The molecular weight excluding hydrogens is 509 g/mol. The first-order valence-electron chi connectivity index (χ1n) is 12.7. The molecule has 0 aliphatic heterocycles. The minimum absolute atomic E-state index is 0.192. The normalized spacial score (nSPS) is 11.1. The zero-order valence-electron chi connectivity index (χ0n) is 21.9. The van der Waals surface area contributed by atoms with Gasteiger partial charge in [0.15, 0.2) is 11.5 Å². The van der Waals surface area contributed by atoms with Crippen LogP contribution in [0.15, 0.2) is 96.1 Å². The highest BCUT2D eigenvalue weighted by atomic mass is 19.1. The molecule has 0 saturated carbocycles. The first-order valence-corrected chi connectivity index (χ1v) is 12.7. The number of fused-ring (bicyclic) bond motifs is 1. The van der Waals surface area contributed by atoms with Crippen molar-refractivity contribution in [2.45, 2.75) is 13.8 Å². The molecule has 40 heavy (non-hydrogen) atoms. The van der Waals surface area contributed by atoms with Gasteiger partial charge < -0.3 is 14.5 Å². The Hall–Kier alpha value is -5.24. The van der Waals surface area contributed by atoms with Gasteiger partial charge in [0.2, 0.25) is 0 Å². The number of rotatable bonds is 8. The molecule has 0 saturated heterocycles. The summed E-state index contributed by atoms with van der Waals surface area (Å²) in [7, 11) is 0. The summed E-state index contributed by atoms with van der Waals surface area (Å²) in [4.78, 5) is 28.7. The van der Waals surface area contributed by atoms with E-state index in [-0.39, 0.29) is 17.0 Å². The number of esters is 1. The monoisotopic (exact) mass is 535 g/mol. The molecule has 0 radical (unpaired) electrons. The van der Waals surface area contributed by atoms with Crippen LogP contribution >= 0.6 is 0 Å². The summed E-state index contributed by atoms with van der Waals surface area (Å²) < 4.78 is 25.8. The highest BCUT2D eigenvalue weighted by Gasteiger charge is 2.20. The maximum Gasteiger partial charge on any atom is 0.343 e. The summed E-state index contributed by atoms with van der Waals surface area (Å²) in [5.41, 5.74) is 6.36. The number of halogens is 1. The molecule has 0 fully saturated rings. The summed E-state index contributed by atoms with van der Waals surface area (Å²) in [5.74, 6) is -0.862. The molecule has 5 rings (SSSR count). The molecular formula is C32H26FN3O4. The summed E-state index contributed by atoms with van der Waals surface area (Å²) in [6, 6.07) is 26.0. The second-order valence-corrected chi connectivity index (χ2v) is 9.00. The van der Waals surface area contributed by atoms with Gasteiger partial charge in [0.25, 0.3) is 5.91 Å². The van der Waals surface area contributed by atoms with Crippen LogP contribution in [-0.4, -0.2) is 29.7 Å². The maximum absolute atomic E-state index is 14.5. The molecule has 1 heterocycles. The lowest BCUT2D eigenvalue weighted by Crippen LogP contribution is -2.19. The van der Waals surface area contributed by atoms with E-state index < -0.39 is 17.7 Å². The number of nitrogens with one attached hydrogen (secondary N) is 2. The highest BCUT2D eigenvalue weighted by Crippen LogP contribution is 2.33. The van der Waals surface area contributed by atoms with Crippen molar-refractivity contribution < 1.29 is 23.5 Å². The third kappa shape index (κ3) is 5.61. The number of hydrazone groups is 1. The van der Waals surface area contributed by atoms with E-state index in [0.717, 1.165) is 11.1 Å². The van der Waals surface area contributed by atoms with Crippen molar-refractivity contribution in [3.63, 3.8) is 0 Å². The summed E-state index contributed by atoms with van der Waals surface area (Å²) in [6.45, 7) is 4.11. The van der Waals surface area contributed by atoms with Crippen LogP contribution in [0.1, 0.15) is 38.9 Å². The number of carbonyl (C=O) groups excluding carboxylic acids is 2. The van der Waals surface area contributed by atoms with E-state index in [4.69, 9.17) is 9.47 Å². The molecule has 0 spiro atoms. The Morgan fingerprint density at radius 2 is 1.73 bits per heavy atom. The van der Waals surface area contributed by atoms with Crippen LogP contribution in [0.3, 0.4) is 0 Å². The average molecular weight is 536 g/mol. The van der Waals surface area contributed by atoms with Gasteiger partial charge >= 0.3 is 5.97 Å². The Morgan fingerprint density at radius 1 is 0.950 bits per heavy atom. The molecule has 0 bridgehead atoms. The molecule has 0 aliphatic carbocycles. The number of aromatic nitrogens is 1. The second kappa shape index (κ2) is 11.7. The van der Waals surface area contributed by atoms with E-state index in [1.807, 2.05) is 56.3 Å². The molecule has 1 amide bonds. The molecule has 0 aliphatic rings. The zero-order chi connectivity index (χ0) is 28.1. The van der Waals surface area contributed by atoms with Crippen molar-refractivity contribution in [2.75, 3.05) is 6.61 Å². The molecule has 2 N–H and O–H groups in total. The number of nitrogens with zero attached hydrogens (tertiary/aromatic N) is 1. The van der Waals surface area contributed by atoms with E-state index >= 15 is 0 Å². The summed E-state index contributed by atoms with van der Waals surface area (Å²) >= 11 is 0. The predicted octanol–water partition coefficient (Wildman–Crippen LogP) is 6.66. The van der Waals surface area contributed by atoms with Crippen molar-refractivity contribution in [1.82, 2.24) is 10.4 Å². The number of hydrogen-bond donors (Lipinski definition) is 2. The molecule has 0 unspecified atom stereocenters. The average Bonchev–Trinajstić information content (AvgIpc) is 3.36. The fourth-order valence-electron chi connectivity index (χ4n) is 4.28. The SMILES string of the molecule is CCOc1cc(C=NNC(=O)c2[nH]c3c(F)cccc3c2-c2ccccc2)ccc1OC(=O)c1ccc(C)cc1. The molecule has 8 heteroatoms. The van der Waals surface area contributed by atoms with Crippen LogP contribution in [0, 0.1) is 12.7 Å². The molecule has 1 aromatic heterocycles. The lowest BCUT2D eigenvalue weighted by atomic mass is 10.0. The number of amides is 1. The third-order valence-electron chi connectivity index (χ3n) is 6.21.